The van der Waals surface area contributed by atoms with E-state index in [-0.39, 0.29) is 23.4 Å². The molecule has 1 aromatic rings. The molecule has 0 aliphatic carbocycles. The lowest BCUT2D eigenvalue weighted by molar-refractivity contribution is -0.131. The Morgan fingerprint density at radius 3 is 2.52 bits per heavy atom. The summed E-state index contributed by atoms with van der Waals surface area (Å²) in [6.07, 6.45) is 3.40. The Hall–Kier alpha value is -1.70. The Balaban J connectivity index is 1.89. The Kier molecular flexibility index (Phi) is 4.46. The van der Waals surface area contributed by atoms with Crippen molar-refractivity contribution in [2.45, 2.75) is 38.8 Å². The highest BCUT2D eigenvalue weighted by Gasteiger charge is 2.36. The smallest absolute Gasteiger partial charge is 0.321 e. The van der Waals surface area contributed by atoms with Crippen molar-refractivity contribution in [1.82, 2.24) is 20.2 Å². The van der Waals surface area contributed by atoms with Gasteiger partial charge in [0.05, 0.1) is 10.5 Å². The summed E-state index contributed by atoms with van der Waals surface area (Å²) in [5.74, 6) is 0.264. The largest absolute Gasteiger partial charge is 0.336 e. The molecule has 0 bridgehead atoms. The molecule has 7 nitrogen and oxygen atoms in total. The van der Waals surface area contributed by atoms with E-state index in [2.05, 4.69) is 36.5 Å². The molecule has 8 heteroatoms. The zero-order chi connectivity index (χ0) is 15.6. The maximum atomic E-state index is 11.9. The van der Waals surface area contributed by atoms with Crippen molar-refractivity contribution < 1.29 is 9.59 Å². The van der Waals surface area contributed by atoms with Crippen LogP contribution in [0.3, 0.4) is 0 Å². The quantitative estimate of drug-likeness (QED) is 0.845. The number of amides is 3. The molecule has 2 heterocycles. The van der Waals surface area contributed by atoms with Crippen LogP contribution in [0.4, 0.5) is 10.7 Å². The molecule has 1 atom stereocenters. The van der Waals surface area contributed by atoms with Gasteiger partial charge in [-0.15, -0.1) is 0 Å². The number of nitrogens with zero attached hydrogens (tertiary/aromatic N) is 3. The van der Waals surface area contributed by atoms with Crippen molar-refractivity contribution in [3.8, 4) is 0 Å². The predicted octanol–water partition coefficient (Wildman–Crippen LogP) is 1.76. The normalized spacial score (nSPS) is 18.8. The fourth-order valence-corrected chi connectivity index (χ4v) is 2.36. The summed E-state index contributed by atoms with van der Waals surface area (Å²) in [5, 5.41) is 5.31. The molecule has 1 aliphatic heterocycles. The molecule has 1 saturated heterocycles. The summed E-state index contributed by atoms with van der Waals surface area (Å²) in [6.45, 7) is 6.44. The second-order valence-corrected chi connectivity index (χ2v) is 6.82. The van der Waals surface area contributed by atoms with E-state index in [1.54, 1.807) is 17.3 Å². The SMILES string of the molecule is CC(C)(C)N1CC(NC(=O)Nc2ncc(Br)cn2)CC1=O. The highest BCUT2D eigenvalue weighted by molar-refractivity contribution is 9.10. The van der Waals surface area contributed by atoms with Crippen molar-refractivity contribution >= 4 is 33.8 Å². The minimum absolute atomic E-state index is 0.0488. The van der Waals surface area contributed by atoms with Crippen LogP contribution in [0.5, 0.6) is 0 Å². The standard InChI is InChI=1S/C13H18BrN5O2/c1-13(2,3)19-7-9(4-10(19)20)17-12(21)18-11-15-5-8(14)6-16-11/h5-6,9H,4,7H2,1-3H3,(H2,15,16,17,18,21). The first-order valence-corrected chi connectivity index (χ1v) is 7.40. The molecule has 3 amide bonds. The topological polar surface area (TPSA) is 87.2 Å². The van der Waals surface area contributed by atoms with Crippen LogP contribution in [0, 0.1) is 0 Å². The number of hydrogen-bond donors (Lipinski definition) is 2. The molecule has 114 valence electrons. The first kappa shape index (κ1) is 15.7. The first-order valence-electron chi connectivity index (χ1n) is 6.61. The van der Waals surface area contributed by atoms with Gasteiger partial charge in [-0.3, -0.25) is 10.1 Å². The van der Waals surface area contributed by atoms with Crippen LogP contribution in [0.25, 0.3) is 0 Å². The van der Waals surface area contributed by atoms with E-state index < -0.39 is 6.03 Å². The lowest BCUT2D eigenvalue weighted by Crippen LogP contribution is -2.45. The van der Waals surface area contributed by atoms with E-state index in [1.165, 1.54) is 0 Å². The lowest BCUT2D eigenvalue weighted by Gasteiger charge is -2.32. The molecule has 0 saturated carbocycles. The molecule has 2 rings (SSSR count). The van der Waals surface area contributed by atoms with Gasteiger partial charge in [-0.2, -0.15) is 0 Å². The van der Waals surface area contributed by atoms with Crippen molar-refractivity contribution in [1.29, 1.82) is 0 Å². The minimum Gasteiger partial charge on any atom is -0.336 e. The molecule has 1 unspecified atom stereocenters. The number of anilines is 1. The third-order valence-electron chi connectivity index (χ3n) is 3.12. The van der Waals surface area contributed by atoms with Gasteiger partial charge in [0.1, 0.15) is 0 Å². The second-order valence-electron chi connectivity index (χ2n) is 5.90. The Morgan fingerprint density at radius 1 is 1.38 bits per heavy atom. The molecule has 21 heavy (non-hydrogen) atoms. The van der Waals surface area contributed by atoms with Gasteiger partial charge in [0.15, 0.2) is 0 Å². The highest BCUT2D eigenvalue weighted by Crippen LogP contribution is 2.21. The second kappa shape index (κ2) is 5.97. The van der Waals surface area contributed by atoms with E-state index in [1.807, 2.05) is 20.8 Å². The van der Waals surface area contributed by atoms with Crippen LogP contribution < -0.4 is 10.6 Å². The van der Waals surface area contributed by atoms with Gasteiger partial charge >= 0.3 is 6.03 Å². The number of halogens is 1. The van der Waals surface area contributed by atoms with Crippen LogP contribution >= 0.6 is 15.9 Å². The monoisotopic (exact) mass is 355 g/mol. The summed E-state index contributed by atoms with van der Waals surface area (Å²) in [7, 11) is 0. The van der Waals surface area contributed by atoms with Gasteiger partial charge in [-0.05, 0) is 36.7 Å². The van der Waals surface area contributed by atoms with Gasteiger partial charge in [0.25, 0.3) is 0 Å². The molecule has 1 aliphatic rings. The number of carbonyl (C=O) groups excluding carboxylic acids is 2. The zero-order valence-electron chi connectivity index (χ0n) is 12.2. The number of rotatable bonds is 2. The molecule has 1 fully saturated rings. The van der Waals surface area contributed by atoms with E-state index >= 15 is 0 Å². The maximum absolute atomic E-state index is 11.9. The molecular weight excluding hydrogens is 338 g/mol. The summed E-state index contributed by atoms with van der Waals surface area (Å²) < 4.78 is 0.732. The van der Waals surface area contributed by atoms with Crippen molar-refractivity contribution in [2.24, 2.45) is 0 Å². The maximum Gasteiger partial charge on any atom is 0.321 e. The molecule has 1 aromatic heterocycles. The zero-order valence-corrected chi connectivity index (χ0v) is 13.8. The molecule has 0 radical (unpaired) electrons. The molecule has 0 aromatic carbocycles. The van der Waals surface area contributed by atoms with Gasteiger partial charge < -0.3 is 10.2 Å². The molecule has 0 spiro atoms. The fourth-order valence-electron chi connectivity index (χ4n) is 2.15. The molecular formula is C13H18BrN5O2. The molecule has 2 N–H and O–H groups in total. The summed E-state index contributed by atoms with van der Waals surface area (Å²) in [6, 6.07) is -0.613. The Labute approximate surface area is 131 Å². The van der Waals surface area contributed by atoms with E-state index in [0.29, 0.717) is 13.0 Å². The van der Waals surface area contributed by atoms with Crippen LogP contribution in [0.1, 0.15) is 27.2 Å². The summed E-state index contributed by atoms with van der Waals surface area (Å²) in [5.41, 5.74) is -0.237. The van der Waals surface area contributed by atoms with E-state index in [4.69, 9.17) is 0 Å². The van der Waals surface area contributed by atoms with Gasteiger partial charge in [0, 0.05) is 30.9 Å². The lowest BCUT2D eigenvalue weighted by atomic mass is 10.1. The van der Waals surface area contributed by atoms with Crippen LogP contribution in [-0.2, 0) is 4.79 Å². The summed E-state index contributed by atoms with van der Waals surface area (Å²) in [4.78, 5) is 33.5. The van der Waals surface area contributed by atoms with Crippen molar-refractivity contribution in [3.05, 3.63) is 16.9 Å². The third kappa shape index (κ3) is 4.13. The predicted molar refractivity (Wildman–Crippen MR) is 81.8 cm³/mol. The minimum atomic E-state index is -0.411. The van der Waals surface area contributed by atoms with Crippen molar-refractivity contribution in [3.63, 3.8) is 0 Å². The number of nitrogens with one attached hydrogen (secondary N) is 2. The number of hydrogen-bond acceptors (Lipinski definition) is 4. The summed E-state index contributed by atoms with van der Waals surface area (Å²) >= 11 is 3.22. The number of likely N-dealkylation sites (tertiary alicyclic amines) is 1. The van der Waals surface area contributed by atoms with Crippen LogP contribution in [0.2, 0.25) is 0 Å². The van der Waals surface area contributed by atoms with E-state index in [9.17, 15) is 9.59 Å². The average molecular weight is 356 g/mol. The van der Waals surface area contributed by atoms with Crippen LogP contribution in [0.15, 0.2) is 16.9 Å². The van der Waals surface area contributed by atoms with E-state index in [0.717, 1.165) is 4.47 Å². The average Bonchev–Trinajstić information content (AvgIpc) is 2.73. The van der Waals surface area contributed by atoms with Gasteiger partial charge in [0.2, 0.25) is 11.9 Å². The Bertz CT molecular complexity index is 540. The number of aromatic nitrogens is 2. The van der Waals surface area contributed by atoms with Crippen LogP contribution in [-0.4, -0.2) is 44.9 Å². The third-order valence-corrected chi connectivity index (χ3v) is 3.53. The highest BCUT2D eigenvalue weighted by atomic mass is 79.9. The van der Waals surface area contributed by atoms with Crippen molar-refractivity contribution in [2.75, 3.05) is 11.9 Å². The fraction of sp³-hybridized carbons (Fsp3) is 0.538. The van der Waals surface area contributed by atoms with Gasteiger partial charge in [-0.1, -0.05) is 0 Å². The number of urea groups is 1. The number of carbonyl (C=O) groups is 2. The first-order chi connectivity index (χ1) is 9.75. The Morgan fingerprint density at radius 2 is 2.00 bits per heavy atom. The van der Waals surface area contributed by atoms with Gasteiger partial charge in [-0.25, -0.2) is 14.8 Å².